The molecule has 4 heteroatoms. The van der Waals surface area contributed by atoms with E-state index in [0.717, 1.165) is 10.4 Å². The third-order valence-corrected chi connectivity index (χ3v) is 5.59. The lowest BCUT2D eigenvalue weighted by Gasteiger charge is -2.20. The van der Waals surface area contributed by atoms with Crippen LogP contribution in [0.15, 0.2) is 60.7 Å². The molecule has 24 heavy (non-hydrogen) atoms. The van der Waals surface area contributed by atoms with Gasteiger partial charge >= 0.3 is 0 Å². The molecule has 140 valence electrons. The van der Waals surface area contributed by atoms with Crippen molar-refractivity contribution in [3.63, 3.8) is 0 Å². The van der Waals surface area contributed by atoms with Crippen molar-refractivity contribution in [2.24, 2.45) is 0 Å². The van der Waals surface area contributed by atoms with E-state index in [2.05, 4.69) is 0 Å². The topological polar surface area (TPSA) is 40.5 Å². The van der Waals surface area contributed by atoms with Crippen molar-refractivity contribution in [3.05, 3.63) is 60.7 Å². The van der Waals surface area contributed by atoms with Crippen molar-refractivity contribution in [2.75, 3.05) is 0 Å². The Kier molecular flexibility index (Phi) is 16.8. The second kappa shape index (κ2) is 13.1. The van der Waals surface area contributed by atoms with Crippen LogP contribution in [0.25, 0.3) is 0 Å². The summed E-state index contributed by atoms with van der Waals surface area (Å²) in [6.45, 7) is 7.60. The smallest absolute Gasteiger partial charge is 0.249 e. The van der Waals surface area contributed by atoms with Crippen LogP contribution < -0.4 is 10.4 Å². The maximum Gasteiger partial charge on any atom is 0.249 e. The zero-order valence-electron chi connectivity index (χ0n) is 12.7. The van der Waals surface area contributed by atoms with E-state index in [1.807, 2.05) is 86.9 Å². The highest BCUT2D eigenvalue weighted by atomic mass is 28.4. The molecule has 0 aliphatic carbocycles. The average Bonchev–Trinajstić information content (AvgIpc) is 2.39. The van der Waals surface area contributed by atoms with Crippen LogP contribution in [0.2, 0.25) is 26.2 Å². The summed E-state index contributed by atoms with van der Waals surface area (Å²) in [6, 6.07) is 19.8. The molecule has 2 nitrogen and oxygen atoms in total. The number of hydrogen-bond acceptors (Lipinski definition) is 2. The van der Waals surface area contributed by atoms with Gasteiger partial charge in [-0.1, -0.05) is 90.4 Å². The second-order valence-electron chi connectivity index (χ2n) is 5.98. The van der Waals surface area contributed by atoms with Crippen molar-refractivity contribution in [1.82, 2.24) is 0 Å². The maximum atomic E-state index is 10.6. The summed E-state index contributed by atoms with van der Waals surface area (Å²) in [5.74, 6) is 0. The van der Waals surface area contributed by atoms with Gasteiger partial charge in [0, 0.05) is 0 Å². The van der Waals surface area contributed by atoms with Crippen molar-refractivity contribution in [2.45, 2.75) is 55.9 Å². The van der Waals surface area contributed by atoms with Gasteiger partial charge in [-0.05, 0) is 36.6 Å². The summed E-state index contributed by atoms with van der Waals surface area (Å²) in [7, 11) is -4.07. The Morgan fingerprint density at radius 3 is 0.958 bits per heavy atom. The molecule has 0 radical (unpaired) electrons. The number of benzene rings is 2. The molecular formula is C20H40O2Si2. The van der Waals surface area contributed by atoms with Gasteiger partial charge in [0.15, 0.2) is 8.32 Å². The van der Waals surface area contributed by atoms with Gasteiger partial charge in [0.1, 0.15) is 0 Å². The molecule has 0 saturated carbocycles. The quantitative estimate of drug-likeness (QED) is 0.753. The number of hydrogen-bond donors (Lipinski definition) is 2. The molecule has 0 amide bonds. The van der Waals surface area contributed by atoms with Gasteiger partial charge < -0.3 is 9.59 Å². The largest absolute Gasteiger partial charge is 0.433 e. The first-order chi connectivity index (χ1) is 9.21. The lowest BCUT2D eigenvalue weighted by Crippen LogP contribution is -2.55. The molecule has 2 aromatic rings. The predicted octanol–water partition coefficient (Wildman–Crippen LogP) is 4.73. The Balaban J connectivity index is -0.000000199. The zero-order chi connectivity index (χ0) is 15.2. The van der Waals surface area contributed by atoms with Crippen LogP contribution >= 0.6 is 0 Å². The molecular weight excluding hydrogens is 328 g/mol. The van der Waals surface area contributed by atoms with Crippen LogP contribution in [0, 0.1) is 0 Å². The molecule has 0 aliphatic heterocycles. The molecule has 2 rings (SSSR count). The highest BCUT2D eigenvalue weighted by Crippen LogP contribution is 2.00. The highest BCUT2D eigenvalue weighted by molar-refractivity contribution is 6.95. The molecule has 0 unspecified atom stereocenters. The van der Waals surface area contributed by atoms with Gasteiger partial charge in [-0.25, -0.2) is 0 Å². The summed E-state index contributed by atoms with van der Waals surface area (Å²) >= 11 is 0. The van der Waals surface area contributed by atoms with E-state index in [1.165, 1.54) is 0 Å². The monoisotopic (exact) mass is 368 g/mol. The maximum absolute atomic E-state index is 10.6. The Bertz CT molecular complexity index is 459. The second-order valence-corrected chi connectivity index (χ2v) is 13.6. The SMILES string of the molecule is C.C.C.C.C[Si](C)(C)O.C[Si](O)(c1ccccc1)c1ccccc1. The Morgan fingerprint density at radius 2 is 0.750 bits per heavy atom. The fourth-order valence-corrected chi connectivity index (χ4v) is 3.71. The van der Waals surface area contributed by atoms with E-state index in [-0.39, 0.29) is 29.7 Å². The molecule has 0 aliphatic rings. The standard InChI is InChI=1S/C13H14OSi.C3H10OSi.4CH4/c1-15(14,12-8-4-2-5-9-12)13-10-6-3-7-11-13;1-5(2,3)4;;;;/h2-11,14H,1H3;4H,1-3H3;4*1H4. The highest BCUT2D eigenvalue weighted by Gasteiger charge is 2.28. The predicted molar refractivity (Wildman–Crippen MR) is 118 cm³/mol. The van der Waals surface area contributed by atoms with E-state index < -0.39 is 16.6 Å². The van der Waals surface area contributed by atoms with Crippen molar-refractivity contribution in [3.8, 4) is 0 Å². The third-order valence-electron chi connectivity index (χ3n) is 2.67. The first-order valence-corrected chi connectivity index (χ1v) is 12.7. The Morgan fingerprint density at radius 1 is 0.542 bits per heavy atom. The average molecular weight is 369 g/mol. The first-order valence-electron chi connectivity index (χ1n) is 6.77. The summed E-state index contributed by atoms with van der Waals surface area (Å²) < 4.78 is 0. The minimum atomic E-state index is -2.46. The minimum Gasteiger partial charge on any atom is -0.433 e. The summed E-state index contributed by atoms with van der Waals surface area (Å²) in [5.41, 5.74) is 0. The molecule has 0 aromatic heterocycles. The van der Waals surface area contributed by atoms with E-state index >= 15 is 0 Å². The third kappa shape index (κ3) is 11.3. The van der Waals surface area contributed by atoms with Crippen LogP contribution in [-0.4, -0.2) is 26.2 Å². The van der Waals surface area contributed by atoms with E-state index in [0.29, 0.717) is 0 Å². The van der Waals surface area contributed by atoms with Gasteiger partial charge in [0.05, 0.1) is 0 Å². The van der Waals surface area contributed by atoms with Crippen LogP contribution in [0.3, 0.4) is 0 Å². The van der Waals surface area contributed by atoms with E-state index in [1.54, 1.807) is 0 Å². The van der Waals surface area contributed by atoms with Crippen LogP contribution in [0.5, 0.6) is 0 Å². The van der Waals surface area contributed by atoms with E-state index in [4.69, 9.17) is 4.80 Å². The summed E-state index contributed by atoms with van der Waals surface area (Å²) in [4.78, 5) is 19.3. The Hall–Kier alpha value is -1.21. The van der Waals surface area contributed by atoms with Gasteiger partial charge in [-0.2, -0.15) is 0 Å². The van der Waals surface area contributed by atoms with Crippen LogP contribution in [0.1, 0.15) is 29.7 Å². The summed E-state index contributed by atoms with van der Waals surface area (Å²) in [6.07, 6.45) is 0. The first kappa shape index (κ1) is 30.7. The van der Waals surface area contributed by atoms with Crippen molar-refractivity contribution in [1.29, 1.82) is 0 Å². The molecule has 2 N–H and O–H groups in total. The van der Waals surface area contributed by atoms with Crippen LogP contribution in [0.4, 0.5) is 0 Å². The fraction of sp³-hybridized carbons (Fsp3) is 0.400. The Labute approximate surface area is 153 Å². The summed E-state index contributed by atoms with van der Waals surface area (Å²) in [5, 5.41) is 2.10. The molecule has 0 fully saturated rings. The number of rotatable bonds is 2. The molecule has 0 heterocycles. The van der Waals surface area contributed by atoms with Crippen LogP contribution in [-0.2, 0) is 0 Å². The molecule has 0 saturated heterocycles. The van der Waals surface area contributed by atoms with Gasteiger partial charge in [0.25, 0.3) is 0 Å². The molecule has 0 bridgehead atoms. The van der Waals surface area contributed by atoms with Gasteiger partial charge in [-0.3, -0.25) is 0 Å². The zero-order valence-corrected chi connectivity index (χ0v) is 14.7. The molecule has 0 spiro atoms. The minimum absolute atomic E-state index is 0. The van der Waals surface area contributed by atoms with Crippen molar-refractivity contribution >= 4 is 27.0 Å². The van der Waals surface area contributed by atoms with Gasteiger partial charge in [0.2, 0.25) is 8.32 Å². The lowest BCUT2D eigenvalue weighted by atomic mass is 10.4. The fourth-order valence-electron chi connectivity index (χ4n) is 1.69. The molecule has 2 aromatic carbocycles. The van der Waals surface area contributed by atoms with E-state index in [9.17, 15) is 4.80 Å². The molecule has 0 atom stereocenters. The van der Waals surface area contributed by atoms with Crippen molar-refractivity contribution < 1.29 is 9.59 Å². The lowest BCUT2D eigenvalue weighted by molar-refractivity contribution is 0.560. The normalized spacial score (nSPS) is 9.58. The van der Waals surface area contributed by atoms with Gasteiger partial charge in [-0.15, -0.1) is 0 Å².